The zero-order valence-electron chi connectivity index (χ0n) is 11.3. The van der Waals surface area contributed by atoms with E-state index in [4.69, 9.17) is 5.73 Å². The summed E-state index contributed by atoms with van der Waals surface area (Å²) < 4.78 is 0. The smallest absolute Gasteiger partial charge is 0.315 e. The van der Waals surface area contributed by atoms with Gasteiger partial charge in [0.1, 0.15) is 0 Å². The van der Waals surface area contributed by atoms with E-state index in [0.29, 0.717) is 19.1 Å². The maximum absolute atomic E-state index is 11.7. The number of benzene rings is 1. The van der Waals surface area contributed by atoms with Crippen molar-refractivity contribution in [3.05, 3.63) is 35.4 Å². The van der Waals surface area contributed by atoms with Gasteiger partial charge in [-0.15, -0.1) is 0 Å². The van der Waals surface area contributed by atoms with Crippen molar-refractivity contribution < 1.29 is 4.79 Å². The molecule has 1 saturated carbocycles. The summed E-state index contributed by atoms with van der Waals surface area (Å²) in [5.74, 6) is 0. The third-order valence-corrected chi connectivity index (χ3v) is 3.60. The molecule has 0 radical (unpaired) electrons. The van der Waals surface area contributed by atoms with Crippen LogP contribution in [0.4, 0.5) is 4.79 Å². The first-order chi connectivity index (χ1) is 9.28. The molecule has 0 aliphatic heterocycles. The first-order valence-corrected chi connectivity index (χ1v) is 7.10. The molecule has 19 heavy (non-hydrogen) atoms. The van der Waals surface area contributed by atoms with Crippen LogP contribution in [0.1, 0.15) is 36.8 Å². The Balaban J connectivity index is 1.73. The van der Waals surface area contributed by atoms with E-state index in [1.165, 1.54) is 18.4 Å². The van der Waals surface area contributed by atoms with Crippen molar-refractivity contribution >= 4 is 6.03 Å². The highest BCUT2D eigenvalue weighted by Crippen LogP contribution is 2.17. The summed E-state index contributed by atoms with van der Waals surface area (Å²) in [5, 5.41) is 5.92. The fourth-order valence-electron chi connectivity index (χ4n) is 2.48. The quantitative estimate of drug-likeness (QED) is 0.758. The van der Waals surface area contributed by atoms with Gasteiger partial charge >= 0.3 is 6.03 Å². The lowest BCUT2D eigenvalue weighted by molar-refractivity contribution is 0.236. The molecule has 1 aromatic carbocycles. The Hall–Kier alpha value is -1.55. The SMILES string of the molecule is NCCc1ccc(CNC(=O)NC2CCCC2)cc1. The molecule has 0 aromatic heterocycles. The summed E-state index contributed by atoms with van der Waals surface area (Å²) in [6.45, 7) is 1.24. The molecule has 1 aliphatic carbocycles. The molecule has 0 saturated heterocycles. The molecule has 1 aliphatic rings. The highest BCUT2D eigenvalue weighted by molar-refractivity contribution is 5.74. The summed E-state index contributed by atoms with van der Waals surface area (Å²) in [6, 6.07) is 8.53. The van der Waals surface area contributed by atoms with E-state index in [1.807, 2.05) is 12.1 Å². The lowest BCUT2D eigenvalue weighted by Gasteiger charge is -2.13. The Labute approximate surface area is 114 Å². The van der Waals surface area contributed by atoms with E-state index in [0.717, 1.165) is 24.8 Å². The summed E-state index contributed by atoms with van der Waals surface area (Å²) in [7, 11) is 0. The largest absolute Gasteiger partial charge is 0.335 e. The van der Waals surface area contributed by atoms with Gasteiger partial charge in [-0.25, -0.2) is 4.79 Å². The van der Waals surface area contributed by atoms with Crippen LogP contribution in [0.25, 0.3) is 0 Å². The van der Waals surface area contributed by atoms with Crippen LogP contribution >= 0.6 is 0 Å². The van der Waals surface area contributed by atoms with Crippen LogP contribution in [0.5, 0.6) is 0 Å². The molecule has 1 aromatic rings. The van der Waals surface area contributed by atoms with Gasteiger partial charge in [-0.2, -0.15) is 0 Å². The summed E-state index contributed by atoms with van der Waals surface area (Å²) >= 11 is 0. The maximum atomic E-state index is 11.7. The van der Waals surface area contributed by atoms with Gasteiger partial charge in [0.05, 0.1) is 0 Å². The number of nitrogens with one attached hydrogen (secondary N) is 2. The van der Waals surface area contributed by atoms with Crippen LogP contribution in [-0.2, 0) is 13.0 Å². The number of rotatable bonds is 5. The van der Waals surface area contributed by atoms with Gasteiger partial charge < -0.3 is 16.4 Å². The number of carbonyl (C=O) groups is 1. The zero-order chi connectivity index (χ0) is 13.5. The zero-order valence-corrected chi connectivity index (χ0v) is 11.3. The Kier molecular flexibility index (Phi) is 5.21. The maximum Gasteiger partial charge on any atom is 0.315 e. The molecule has 4 heteroatoms. The summed E-state index contributed by atoms with van der Waals surface area (Å²) in [4.78, 5) is 11.7. The van der Waals surface area contributed by atoms with Crippen molar-refractivity contribution in [3.63, 3.8) is 0 Å². The van der Waals surface area contributed by atoms with Crippen molar-refractivity contribution in [3.8, 4) is 0 Å². The van der Waals surface area contributed by atoms with Gasteiger partial charge in [0.2, 0.25) is 0 Å². The number of carbonyl (C=O) groups excluding carboxylic acids is 1. The van der Waals surface area contributed by atoms with Gasteiger partial charge in [0, 0.05) is 12.6 Å². The van der Waals surface area contributed by atoms with Crippen LogP contribution in [-0.4, -0.2) is 18.6 Å². The second kappa shape index (κ2) is 7.14. The minimum Gasteiger partial charge on any atom is -0.335 e. The standard InChI is InChI=1S/C15H23N3O/c16-10-9-12-5-7-13(8-6-12)11-17-15(19)18-14-3-1-2-4-14/h5-8,14H,1-4,9-11,16H2,(H2,17,18,19). The van der Waals surface area contributed by atoms with Gasteiger partial charge in [-0.1, -0.05) is 37.1 Å². The van der Waals surface area contributed by atoms with Crippen LogP contribution in [0.3, 0.4) is 0 Å². The molecule has 2 amide bonds. The average molecular weight is 261 g/mol. The van der Waals surface area contributed by atoms with Crippen molar-refractivity contribution in [1.82, 2.24) is 10.6 Å². The third kappa shape index (κ3) is 4.56. The predicted octanol–water partition coefficient (Wildman–Crippen LogP) is 1.93. The fraction of sp³-hybridized carbons (Fsp3) is 0.533. The first-order valence-electron chi connectivity index (χ1n) is 7.10. The molecular weight excluding hydrogens is 238 g/mol. The number of nitrogens with two attached hydrogens (primary N) is 1. The lowest BCUT2D eigenvalue weighted by Crippen LogP contribution is -2.40. The molecule has 0 atom stereocenters. The van der Waals surface area contributed by atoms with Crippen molar-refractivity contribution in [2.24, 2.45) is 5.73 Å². The van der Waals surface area contributed by atoms with E-state index < -0.39 is 0 Å². The van der Waals surface area contributed by atoms with Crippen molar-refractivity contribution in [1.29, 1.82) is 0 Å². The molecule has 0 unspecified atom stereocenters. The molecule has 104 valence electrons. The second-order valence-corrected chi connectivity index (χ2v) is 5.16. The highest BCUT2D eigenvalue weighted by atomic mass is 16.2. The van der Waals surface area contributed by atoms with Crippen LogP contribution in [0.15, 0.2) is 24.3 Å². The molecule has 2 rings (SSSR count). The molecule has 0 spiro atoms. The molecular formula is C15H23N3O. The normalized spacial score (nSPS) is 15.4. The molecule has 1 fully saturated rings. The van der Waals surface area contributed by atoms with Crippen LogP contribution in [0.2, 0.25) is 0 Å². The summed E-state index contributed by atoms with van der Waals surface area (Å²) in [5.41, 5.74) is 7.86. The Morgan fingerprint density at radius 2 is 1.79 bits per heavy atom. The number of amides is 2. The Morgan fingerprint density at radius 1 is 1.16 bits per heavy atom. The van der Waals surface area contributed by atoms with Gasteiger partial charge in [-0.3, -0.25) is 0 Å². The lowest BCUT2D eigenvalue weighted by atomic mass is 10.1. The van der Waals surface area contributed by atoms with Crippen LogP contribution in [0, 0.1) is 0 Å². The van der Waals surface area contributed by atoms with Crippen LogP contribution < -0.4 is 16.4 Å². The predicted molar refractivity (Wildman–Crippen MR) is 76.8 cm³/mol. The van der Waals surface area contributed by atoms with Gasteiger partial charge in [-0.05, 0) is 36.9 Å². The van der Waals surface area contributed by atoms with Gasteiger partial charge in [0.25, 0.3) is 0 Å². The highest BCUT2D eigenvalue weighted by Gasteiger charge is 2.16. The topological polar surface area (TPSA) is 67.1 Å². The van der Waals surface area contributed by atoms with E-state index in [2.05, 4.69) is 22.8 Å². The minimum absolute atomic E-state index is 0.0575. The first kappa shape index (κ1) is 13.9. The second-order valence-electron chi connectivity index (χ2n) is 5.16. The molecule has 4 N–H and O–H groups in total. The number of hydrogen-bond donors (Lipinski definition) is 3. The Morgan fingerprint density at radius 3 is 2.42 bits per heavy atom. The number of hydrogen-bond acceptors (Lipinski definition) is 2. The average Bonchev–Trinajstić information content (AvgIpc) is 2.91. The minimum atomic E-state index is -0.0575. The molecule has 4 nitrogen and oxygen atoms in total. The van der Waals surface area contributed by atoms with E-state index in [1.54, 1.807) is 0 Å². The van der Waals surface area contributed by atoms with Crippen molar-refractivity contribution in [2.75, 3.05) is 6.54 Å². The molecule has 0 heterocycles. The van der Waals surface area contributed by atoms with Crippen molar-refractivity contribution in [2.45, 2.75) is 44.7 Å². The third-order valence-electron chi connectivity index (χ3n) is 3.60. The van der Waals surface area contributed by atoms with E-state index in [-0.39, 0.29) is 6.03 Å². The van der Waals surface area contributed by atoms with E-state index in [9.17, 15) is 4.79 Å². The monoisotopic (exact) mass is 261 g/mol. The summed E-state index contributed by atoms with van der Waals surface area (Å²) in [6.07, 6.45) is 5.58. The molecule has 0 bridgehead atoms. The fourth-order valence-corrected chi connectivity index (χ4v) is 2.48. The Bertz CT molecular complexity index is 396. The van der Waals surface area contributed by atoms with Gasteiger partial charge in [0.15, 0.2) is 0 Å². The van der Waals surface area contributed by atoms with E-state index >= 15 is 0 Å². The number of urea groups is 1.